The molecule has 6 heterocycles. The summed E-state index contributed by atoms with van der Waals surface area (Å²) in [5.41, 5.74) is 23.9. The van der Waals surface area contributed by atoms with Crippen molar-refractivity contribution < 1.29 is 0 Å². The molecule has 2 aliphatic carbocycles. The number of hydrogen-bond donors (Lipinski definition) is 0. The van der Waals surface area contributed by atoms with Gasteiger partial charge in [-0.05, 0) is 189 Å². The zero-order chi connectivity index (χ0) is 51.0. The molecule has 4 nitrogen and oxygen atoms in total. The van der Waals surface area contributed by atoms with Crippen LogP contribution in [0.4, 0.5) is 66.9 Å². The van der Waals surface area contributed by atoms with E-state index in [1.807, 2.05) is 22.7 Å². The fourth-order valence-corrected chi connectivity index (χ4v) is 17.7. The highest BCUT2D eigenvalue weighted by Crippen LogP contribution is 2.53. The van der Waals surface area contributed by atoms with E-state index < -0.39 is 0 Å². The Kier molecular flexibility index (Phi) is 10.4. The summed E-state index contributed by atoms with van der Waals surface area (Å²) in [6.45, 7) is -0.0511. The van der Waals surface area contributed by atoms with E-state index >= 15 is 0 Å². The molecule has 2 fully saturated rings. The van der Waals surface area contributed by atoms with Gasteiger partial charge in [0, 0.05) is 66.3 Å². The molecule has 0 atom stereocenters. The maximum atomic E-state index is 2.70. The van der Waals surface area contributed by atoms with Crippen LogP contribution in [0.2, 0.25) is 0 Å². The monoisotopic (exact) mass is 1040 g/mol. The van der Waals surface area contributed by atoms with Gasteiger partial charge in [0.25, 0.3) is 13.4 Å². The van der Waals surface area contributed by atoms with Crippen LogP contribution in [0.3, 0.4) is 0 Å². The average Bonchev–Trinajstić information content (AvgIpc) is 4.19. The second kappa shape index (κ2) is 17.9. The summed E-state index contributed by atoms with van der Waals surface area (Å²) >= 11 is 3.93. The van der Waals surface area contributed by atoms with Crippen LogP contribution in [0, 0.1) is 0 Å². The molecular weight excluding hydrogens is 983 g/mol. The van der Waals surface area contributed by atoms with E-state index in [9.17, 15) is 0 Å². The van der Waals surface area contributed by atoms with E-state index in [1.165, 1.54) is 195 Å². The minimum atomic E-state index is -0.0256. The molecule has 11 aromatic rings. The number of rotatable bonds is 6. The van der Waals surface area contributed by atoms with Crippen LogP contribution in [0.25, 0.3) is 20.2 Å². The Hall–Kier alpha value is -7.77. The number of hydrogen-bond acceptors (Lipinski definition) is 6. The normalized spacial score (nSPS) is 16.5. The van der Waals surface area contributed by atoms with Gasteiger partial charge in [0.05, 0.1) is 10.0 Å². The lowest BCUT2D eigenvalue weighted by Gasteiger charge is -2.47. The van der Waals surface area contributed by atoms with Gasteiger partial charge in [-0.15, -0.1) is 22.7 Å². The maximum Gasteiger partial charge on any atom is 0.254 e. The quantitative estimate of drug-likeness (QED) is 0.154. The first-order valence-electron chi connectivity index (χ1n) is 28.7. The summed E-state index contributed by atoms with van der Waals surface area (Å²) in [7, 11) is 0. The van der Waals surface area contributed by atoms with Gasteiger partial charge in [-0.25, -0.2) is 0 Å². The molecule has 78 heavy (non-hydrogen) atoms. The van der Waals surface area contributed by atoms with Crippen LogP contribution in [0.15, 0.2) is 206 Å². The molecule has 8 heteroatoms. The first-order chi connectivity index (χ1) is 38.7. The maximum absolute atomic E-state index is 2.70. The number of para-hydroxylation sites is 4. The molecule has 2 aromatic heterocycles. The van der Waals surface area contributed by atoms with Gasteiger partial charge in [-0.3, -0.25) is 0 Å². The Balaban J connectivity index is 1.02. The summed E-state index contributed by atoms with van der Waals surface area (Å²) in [4.78, 5) is 10.7. The van der Waals surface area contributed by atoms with E-state index in [-0.39, 0.29) is 13.4 Å². The first-order valence-corrected chi connectivity index (χ1v) is 30.3. The first kappa shape index (κ1) is 45.3. The zero-order valence-corrected chi connectivity index (χ0v) is 45.2. The van der Waals surface area contributed by atoms with E-state index in [2.05, 4.69) is 226 Å². The molecule has 4 aliphatic heterocycles. The number of nitrogens with zero attached hydrogens (tertiary/aromatic N) is 4. The second-order valence-electron chi connectivity index (χ2n) is 22.8. The van der Waals surface area contributed by atoms with Gasteiger partial charge in [0.1, 0.15) is 0 Å². The van der Waals surface area contributed by atoms with Crippen molar-refractivity contribution in [2.75, 3.05) is 19.6 Å². The third-order valence-corrected chi connectivity index (χ3v) is 20.9. The number of fused-ring (bicyclic) bond motifs is 12. The molecule has 0 radical (unpaired) electrons. The fourth-order valence-electron chi connectivity index (χ4n) is 15.2. The van der Waals surface area contributed by atoms with Crippen molar-refractivity contribution in [1.82, 2.24) is 0 Å². The minimum Gasteiger partial charge on any atom is -0.311 e. The molecule has 0 bridgehead atoms. The smallest absolute Gasteiger partial charge is 0.254 e. The summed E-state index contributed by atoms with van der Waals surface area (Å²) < 4.78 is 2.67. The van der Waals surface area contributed by atoms with E-state index in [4.69, 9.17) is 0 Å². The van der Waals surface area contributed by atoms with Crippen molar-refractivity contribution in [1.29, 1.82) is 0 Å². The molecule has 9 aromatic carbocycles. The molecule has 0 amide bonds. The van der Waals surface area contributed by atoms with Crippen molar-refractivity contribution in [2.24, 2.45) is 0 Å². The number of anilines is 12. The Bertz CT molecular complexity index is 3900. The molecule has 6 aliphatic rings. The molecular formula is C70H56B2N4S2. The lowest BCUT2D eigenvalue weighted by molar-refractivity contribution is 0.444. The predicted octanol–water partition coefficient (Wildman–Crippen LogP) is 16.4. The van der Waals surface area contributed by atoms with E-state index in [1.54, 1.807) is 0 Å². The standard InChI is InChI=1S/C70H56B2N4S2/c1-7-23-45(24-8-1)47-39-59-67-61(41-47)75(51-31-15-5-16-32-51)69-65(53-35-19-21-37-63(53)77-69)71(67)55-44-58-56(43-57(55)73(59)49-27-11-3-12-28-49)72-66-54-36-20-22-38-64(54)78-70(66)76(52-33-17-6-18-34-52)62-42-48(46-25-9-2-10-26-46)40-60(68(62)72)74(58)50-29-13-4-14-30-50/h3-6,11-22,27-46H,1-2,7-10,23-26H2. The van der Waals surface area contributed by atoms with Crippen molar-refractivity contribution >= 4 is 156 Å². The second-order valence-corrected chi connectivity index (χ2v) is 24.8. The molecule has 0 saturated heterocycles. The predicted molar refractivity (Wildman–Crippen MR) is 337 cm³/mol. The lowest BCUT2D eigenvalue weighted by atomic mass is 9.31. The number of benzene rings is 9. The SMILES string of the molecule is c1ccc(N2c3cc4c(cc3B3c5c2cc(C2CCCCC2)cc5N(c2ccccc2)c2sc5ccccc5c23)N(c2ccccc2)c2cc(C3CCCCC3)cc3c2B4c2c(sc4ccccc24)N3c2ccccc2)cc1. The van der Waals surface area contributed by atoms with Gasteiger partial charge in [0.2, 0.25) is 0 Å². The van der Waals surface area contributed by atoms with Gasteiger partial charge in [0.15, 0.2) is 0 Å². The molecule has 17 rings (SSSR count). The van der Waals surface area contributed by atoms with Gasteiger partial charge in [-0.1, -0.05) is 148 Å². The van der Waals surface area contributed by atoms with Crippen molar-refractivity contribution in [2.45, 2.75) is 76.0 Å². The lowest BCUT2D eigenvalue weighted by Crippen LogP contribution is -2.64. The number of thiophene rings is 2. The van der Waals surface area contributed by atoms with Crippen LogP contribution < -0.4 is 52.4 Å². The van der Waals surface area contributed by atoms with Crippen LogP contribution >= 0.6 is 22.7 Å². The summed E-state index contributed by atoms with van der Waals surface area (Å²) in [5.74, 6) is 1.02. The van der Waals surface area contributed by atoms with E-state index in [0.717, 1.165) is 0 Å². The van der Waals surface area contributed by atoms with Crippen LogP contribution in [-0.4, -0.2) is 13.4 Å². The summed E-state index contributed by atoms with van der Waals surface area (Å²) in [6, 6.07) is 79.7. The Morgan fingerprint density at radius 2 is 0.628 bits per heavy atom. The average molecular weight is 1040 g/mol. The fraction of sp³-hybridized carbons (Fsp3) is 0.171. The molecule has 0 unspecified atom stereocenters. The van der Waals surface area contributed by atoms with Crippen molar-refractivity contribution in [3.8, 4) is 0 Å². The zero-order valence-electron chi connectivity index (χ0n) is 43.6. The Morgan fingerprint density at radius 1 is 0.308 bits per heavy atom. The highest BCUT2D eigenvalue weighted by atomic mass is 32.1. The molecule has 2 saturated carbocycles. The molecule has 0 N–H and O–H groups in total. The van der Waals surface area contributed by atoms with Crippen molar-refractivity contribution in [3.63, 3.8) is 0 Å². The van der Waals surface area contributed by atoms with Gasteiger partial charge < -0.3 is 19.6 Å². The summed E-state index contributed by atoms with van der Waals surface area (Å²) in [6.07, 6.45) is 12.7. The molecule has 0 spiro atoms. The van der Waals surface area contributed by atoms with Gasteiger partial charge in [-0.2, -0.15) is 0 Å². The minimum absolute atomic E-state index is 0.0256. The Labute approximate surface area is 466 Å². The van der Waals surface area contributed by atoms with Crippen LogP contribution in [0.1, 0.15) is 87.2 Å². The topological polar surface area (TPSA) is 13.0 Å². The molecule has 374 valence electrons. The summed E-state index contributed by atoms with van der Waals surface area (Å²) in [5, 5.41) is 5.36. The van der Waals surface area contributed by atoms with Crippen LogP contribution in [0.5, 0.6) is 0 Å². The van der Waals surface area contributed by atoms with Crippen LogP contribution in [-0.2, 0) is 0 Å². The van der Waals surface area contributed by atoms with E-state index in [0.29, 0.717) is 11.8 Å². The third kappa shape index (κ3) is 6.72. The third-order valence-electron chi connectivity index (χ3n) is 18.6. The van der Waals surface area contributed by atoms with Gasteiger partial charge >= 0.3 is 0 Å². The largest absolute Gasteiger partial charge is 0.311 e. The highest BCUT2D eigenvalue weighted by molar-refractivity contribution is 7.27. The Morgan fingerprint density at radius 3 is 1.00 bits per heavy atom. The van der Waals surface area contributed by atoms with Crippen molar-refractivity contribution in [3.05, 3.63) is 217 Å². The highest BCUT2D eigenvalue weighted by Gasteiger charge is 2.50.